The largest absolute Gasteiger partial charge is 0.544 e. The Kier molecular flexibility index (Phi) is 3.12. The quantitative estimate of drug-likeness (QED) is 0.636. The summed E-state index contributed by atoms with van der Waals surface area (Å²) in [6.07, 6.45) is 2.35. The van der Waals surface area contributed by atoms with Crippen LogP contribution in [0.15, 0.2) is 54.1 Å². The Balaban J connectivity index is 2.15. The molecule has 0 unspecified atom stereocenters. The van der Waals surface area contributed by atoms with Gasteiger partial charge in [0, 0.05) is 12.5 Å². The average Bonchev–Trinajstić information content (AvgIpc) is 2.29. The molecule has 1 aliphatic carbocycles. The Morgan fingerprint density at radius 3 is 2.24 bits per heavy atom. The SMILES string of the molecule is FC(F)(F)[C+]=C1C=CC(c2ccccc2)=CC1. The van der Waals surface area contributed by atoms with Gasteiger partial charge in [-0.05, 0) is 11.1 Å². The van der Waals surface area contributed by atoms with Gasteiger partial charge in [-0.25, -0.2) is 0 Å². The van der Waals surface area contributed by atoms with E-state index in [1.165, 1.54) is 12.2 Å². The summed E-state index contributed by atoms with van der Waals surface area (Å²) in [6, 6.07) is 9.56. The standard InChI is InChI=1S/C14H10F3/c15-14(16,17)10-11-6-8-13(9-7-11)12-4-2-1-3-5-12/h1-6,8-9H,7H2/q+1. The highest BCUT2D eigenvalue weighted by molar-refractivity contribution is 5.76. The first-order valence-electron chi connectivity index (χ1n) is 5.19. The Hall–Kier alpha value is -1.86. The fourth-order valence-corrected chi connectivity index (χ4v) is 1.67. The minimum atomic E-state index is -4.36. The van der Waals surface area contributed by atoms with Crippen molar-refractivity contribution < 1.29 is 13.2 Å². The van der Waals surface area contributed by atoms with Crippen LogP contribution in [0, 0.1) is 6.08 Å². The summed E-state index contributed by atoms with van der Waals surface area (Å²) in [5.74, 6) is 0. The average molecular weight is 235 g/mol. The molecule has 3 heteroatoms. The molecule has 1 aromatic carbocycles. The Bertz CT molecular complexity index is 476. The third kappa shape index (κ3) is 3.30. The zero-order valence-corrected chi connectivity index (χ0v) is 8.96. The lowest BCUT2D eigenvalue weighted by Gasteiger charge is -2.04. The first-order valence-corrected chi connectivity index (χ1v) is 5.19. The van der Waals surface area contributed by atoms with E-state index in [1.807, 2.05) is 30.3 Å². The highest BCUT2D eigenvalue weighted by atomic mass is 19.4. The zero-order chi connectivity index (χ0) is 12.3. The number of halogens is 3. The maximum Gasteiger partial charge on any atom is 0.544 e. The van der Waals surface area contributed by atoms with Gasteiger partial charge in [-0.3, -0.25) is 0 Å². The topological polar surface area (TPSA) is 0 Å². The predicted molar refractivity (Wildman–Crippen MR) is 61.0 cm³/mol. The maximum atomic E-state index is 12.1. The van der Waals surface area contributed by atoms with Crippen LogP contribution in [-0.4, -0.2) is 6.18 Å². The van der Waals surface area contributed by atoms with Crippen molar-refractivity contribution in [1.29, 1.82) is 0 Å². The van der Waals surface area contributed by atoms with E-state index < -0.39 is 6.18 Å². The molecule has 0 amide bonds. The van der Waals surface area contributed by atoms with Crippen LogP contribution < -0.4 is 0 Å². The van der Waals surface area contributed by atoms with Crippen LogP contribution >= 0.6 is 0 Å². The lowest BCUT2D eigenvalue weighted by molar-refractivity contribution is -0.0881. The van der Waals surface area contributed by atoms with Gasteiger partial charge in [0.2, 0.25) is 0 Å². The van der Waals surface area contributed by atoms with E-state index in [9.17, 15) is 13.2 Å². The molecule has 0 saturated carbocycles. The number of hydrogen-bond donors (Lipinski definition) is 0. The molecule has 0 nitrogen and oxygen atoms in total. The number of rotatable bonds is 1. The molecule has 0 radical (unpaired) electrons. The fourth-order valence-electron chi connectivity index (χ4n) is 1.67. The van der Waals surface area contributed by atoms with Gasteiger partial charge in [-0.2, -0.15) is 0 Å². The fraction of sp³-hybridized carbons (Fsp3) is 0.143. The van der Waals surface area contributed by atoms with Crippen LogP contribution in [0.25, 0.3) is 5.57 Å². The molecular weight excluding hydrogens is 225 g/mol. The van der Waals surface area contributed by atoms with Crippen LogP contribution in [0.1, 0.15) is 12.0 Å². The summed E-state index contributed by atoms with van der Waals surface area (Å²) in [5, 5.41) is 0. The summed E-state index contributed by atoms with van der Waals surface area (Å²) >= 11 is 0. The first kappa shape index (κ1) is 11.6. The van der Waals surface area contributed by atoms with Crippen molar-refractivity contribution in [1.82, 2.24) is 0 Å². The molecule has 0 saturated heterocycles. The van der Waals surface area contributed by atoms with Crippen LogP contribution in [-0.2, 0) is 0 Å². The number of alkyl halides is 3. The zero-order valence-electron chi connectivity index (χ0n) is 8.96. The molecule has 0 aromatic heterocycles. The summed E-state index contributed by atoms with van der Waals surface area (Å²) in [5.41, 5.74) is 2.12. The summed E-state index contributed by atoms with van der Waals surface area (Å²) in [6.45, 7) is 0. The van der Waals surface area contributed by atoms with Gasteiger partial charge in [0.05, 0.1) is 6.08 Å². The van der Waals surface area contributed by atoms with Crippen molar-refractivity contribution in [3.05, 3.63) is 65.8 Å². The van der Waals surface area contributed by atoms with Gasteiger partial charge in [-0.15, -0.1) is 13.2 Å². The summed E-state index contributed by atoms with van der Waals surface area (Å²) in [4.78, 5) is 0. The van der Waals surface area contributed by atoms with Crippen molar-refractivity contribution in [2.45, 2.75) is 12.6 Å². The highest BCUT2D eigenvalue weighted by Crippen LogP contribution is 2.26. The van der Waals surface area contributed by atoms with Gasteiger partial charge in [0.15, 0.2) is 11.6 Å². The second-order valence-electron chi connectivity index (χ2n) is 3.71. The lowest BCUT2D eigenvalue weighted by atomic mass is 9.97. The predicted octanol–water partition coefficient (Wildman–Crippen LogP) is 4.32. The van der Waals surface area contributed by atoms with Crippen molar-refractivity contribution >= 4 is 5.57 Å². The van der Waals surface area contributed by atoms with Crippen molar-refractivity contribution in [2.24, 2.45) is 0 Å². The smallest absolute Gasteiger partial charge is 0.139 e. The molecule has 0 spiro atoms. The second kappa shape index (κ2) is 4.56. The van der Waals surface area contributed by atoms with Crippen LogP contribution in [0.4, 0.5) is 13.2 Å². The van der Waals surface area contributed by atoms with Gasteiger partial charge >= 0.3 is 6.18 Å². The third-order valence-corrected chi connectivity index (χ3v) is 2.42. The molecule has 0 bridgehead atoms. The van der Waals surface area contributed by atoms with Gasteiger partial charge in [-0.1, -0.05) is 36.4 Å². The van der Waals surface area contributed by atoms with E-state index >= 15 is 0 Å². The molecule has 0 heterocycles. The molecule has 0 aliphatic heterocycles. The van der Waals surface area contributed by atoms with Crippen molar-refractivity contribution in [3.63, 3.8) is 0 Å². The van der Waals surface area contributed by atoms with E-state index in [2.05, 4.69) is 0 Å². The maximum absolute atomic E-state index is 12.1. The summed E-state index contributed by atoms with van der Waals surface area (Å²) < 4.78 is 36.2. The Labute approximate surface area is 97.8 Å². The Morgan fingerprint density at radius 1 is 1.00 bits per heavy atom. The van der Waals surface area contributed by atoms with Gasteiger partial charge < -0.3 is 0 Å². The van der Waals surface area contributed by atoms with E-state index in [0.29, 0.717) is 0 Å². The van der Waals surface area contributed by atoms with Crippen LogP contribution in [0.5, 0.6) is 0 Å². The second-order valence-corrected chi connectivity index (χ2v) is 3.71. The normalized spacial score (nSPS) is 17.8. The molecule has 1 aromatic rings. The van der Waals surface area contributed by atoms with E-state index in [1.54, 1.807) is 12.2 Å². The number of benzene rings is 1. The summed E-state index contributed by atoms with van der Waals surface area (Å²) in [7, 11) is 0. The molecule has 0 fully saturated rings. The minimum Gasteiger partial charge on any atom is -0.139 e. The molecule has 2 rings (SSSR count). The van der Waals surface area contributed by atoms with Crippen LogP contribution in [0.3, 0.4) is 0 Å². The molecule has 17 heavy (non-hydrogen) atoms. The van der Waals surface area contributed by atoms with Crippen molar-refractivity contribution in [3.8, 4) is 0 Å². The van der Waals surface area contributed by atoms with Gasteiger partial charge in [0.1, 0.15) is 0 Å². The first-order chi connectivity index (χ1) is 8.04. The minimum absolute atomic E-state index is 0.164. The van der Waals surface area contributed by atoms with E-state index in [0.717, 1.165) is 11.1 Å². The third-order valence-electron chi connectivity index (χ3n) is 2.42. The molecule has 0 atom stereocenters. The van der Waals surface area contributed by atoms with Gasteiger partial charge in [0.25, 0.3) is 0 Å². The number of allylic oxidation sites excluding steroid dienone is 6. The van der Waals surface area contributed by atoms with E-state index in [4.69, 9.17) is 0 Å². The molecule has 1 aliphatic rings. The highest BCUT2D eigenvalue weighted by Gasteiger charge is 2.35. The lowest BCUT2D eigenvalue weighted by Crippen LogP contribution is -2.04. The molecule has 86 valence electrons. The molecule has 0 N–H and O–H groups in total. The molecular formula is C14H10F3+. The number of hydrogen-bond acceptors (Lipinski definition) is 0. The van der Waals surface area contributed by atoms with Crippen molar-refractivity contribution in [2.75, 3.05) is 0 Å². The monoisotopic (exact) mass is 235 g/mol. The van der Waals surface area contributed by atoms with E-state index in [-0.39, 0.29) is 12.0 Å². The van der Waals surface area contributed by atoms with Crippen LogP contribution in [0.2, 0.25) is 0 Å². The Morgan fingerprint density at radius 2 is 1.71 bits per heavy atom.